The van der Waals surface area contributed by atoms with Gasteiger partial charge in [-0.1, -0.05) is 6.07 Å². The molecule has 0 aliphatic rings. The van der Waals surface area contributed by atoms with E-state index in [2.05, 4.69) is 0 Å². The standard InChI is InChI=1S/C16H26O5/c1-16(2,20-5)8-9-21-11-13(17)12-6-7-14(18-3)15(10-12)19-4/h6-7,10,13,17H,8-9,11H2,1-5H3. The topological polar surface area (TPSA) is 57.2 Å². The summed E-state index contributed by atoms with van der Waals surface area (Å²) in [6.45, 7) is 4.77. The summed E-state index contributed by atoms with van der Waals surface area (Å²) >= 11 is 0. The third-order valence-corrected chi connectivity index (χ3v) is 3.47. The van der Waals surface area contributed by atoms with Gasteiger partial charge in [0.25, 0.3) is 0 Å². The first-order chi connectivity index (χ1) is 9.93. The maximum absolute atomic E-state index is 10.1. The number of ether oxygens (including phenoxy) is 4. The second-order valence-corrected chi connectivity index (χ2v) is 5.42. The predicted molar refractivity (Wildman–Crippen MR) is 81.0 cm³/mol. The van der Waals surface area contributed by atoms with Gasteiger partial charge in [-0.05, 0) is 38.0 Å². The maximum Gasteiger partial charge on any atom is 0.161 e. The van der Waals surface area contributed by atoms with Crippen LogP contribution >= 0.6 is 0 Å². The molecule has 0 saturated carbocycles. The van der Waals surface area contributed by atoms with Gasteiger partial charge in [0, 0.05) is 13.7 Å². The lowest BCUT2D eigenvalue weighted by molar-refractivity contribution is -0.0249. The molecule has 21 heavy (non-hydrogen) atoms. The molecule has 1 atom stereocenters. The van der Waals surface area contributed by atoms with Crippen LogP contribution in [0.25, 0.3) is 0 Å². The van der Waals surface area contributed by atoms with Crippen LogP contribution in [-0.4, -0.2) is 45.3 Å². The Kier molecular flexibility index (Phi) is 6.95. The molecule has 0 fully saturated rings. The minimum absolute atomic E-state index is 0.214. The molecule has 0 heterocycles. The number of hydrogen-bond donors (Lipinski definition) is 1. The summed E-state index contributed by atoms with van der Waals surface area (Å²) in [6.07, 6.45) is 0.0674. The Hall–Kier alpha value is -1.30. The fourth-order valence-corrected chi connectivity index (χ4v) is 1.77. The molecule has 1 rings (SSSR count). The minimum atomic E-state index is -0.699. The summed E-state index contributed by atoms with van der Waals surface area (Å²) in [7, 11) is 4.82. The zero-order chi connectivity index (χ0) is 15.9. The Morgan fingerprint density at radius 1 is 1.10 bits per heavy atom. The molecule has 0 saturated heterocycles. The van der Waals surface area contributed by atoms with E-state index >= 15 is 0 Å². The van der Waals surface area contributed by atoms with E-state index in [-0.39, 0.29) is 12.2 Å². The van der Waals surface area contributed by atoms with Gasteiger partial charge in [0.15, 0.2) is 11.5 Å². The van der Waals surface area contributed by atoms with Crippen molar-refractivity contribution in [1.82, 2.24) is 0 Å². The summed E-state index contributed by atoms with van der Waals surface area (Å²) < 4.78 is 21.2. The van der Waals surface area contributed by atoms with E-state index < -0.39 is 6.10 Å². The van der Waals surface area contributed by atoms with Crippen molar-refractivity contribution in [3.05, 3.63) is 23.8 Å². The maximum atomic E-state index is 10.1. The summed E-state index contributed by atoms with van der Waals surface area (Å²) in [5.74, 6) is 1.23. The van der Waals surface area contributed by atoms with Crippen LogP contribution in [0.4, 0.5) is 0 Å². The van der Waals surface area contributed by atoms with Crippen molar-refractivity contribution in [2.45, 2.75) is 32.0 Å². The van der Waals surface area contributed by atoms with E-state index in [1.807, 2.05) is 13.8 Å². The average molecular weight is 298 g/mol. The molecule has 1 aromatic carbocycles. The van der Waals surface area contributed by atoms with Crippen LogP contribution in [0, 0.1) is 0 Å². The largest absolute Gasteiger partial charge is 0.493 e. The molecule has 0 amide bonds. The third-order valence-electron chi connectivity index (χ3n) is 3.47. The van der Waals surface area contributed by atoms with Crippen LogP contribution in [0.5, 0.6) is 11.5 Å². The van der Waals surface area contributed by atoms with Crippen LogP contribution in [-0.2, 0) is 9.47 Å². The number of hydrogen-bond acceptors (Lipinski definition) is 5. The quantitative estimate of drug-likeness (QED) is 0.710. The molecule has 1 unspecified atom stereocenters. The highest BCUT2D eigenvalue weighted by Crippen LogP contribution is 2.30. The molecule has 0 radical (unpaired) electrons. The first-order valence-electron chi connectivity index (χ1n) is 6.96. The van der Waals surface area contributed by atoms with E-state index in [4.69, 9.17) is 18.9 Å². The SMILES string of the molecule is COc1ccc(C(O)COCCC(C)(C)OC)cc1OC. The molecule has 0 aliphatic carbocycles. The van der Waals surface area contributed by atoms with E-state index in [0.29, 0.717) is 18.1 Å². The van der Waals surface area contributed by atoms with E-state index in [1.54, 1.807) is 39.5 Å². The highest BCUT2D eigenvalue weighted by molar-refractivity contribution is 5.43. The van der Waals surface area contributed by atoms with Gasteiger partial charge in [0.05, 0.1) is 26.4 Å². The molecule has 0 bridgehead atoms. The Morgan fingerprint density at radius 2 is 1.76 bits per heavy atom. The Morgan fingerprint density at radius 3 is 2.33 bits per heavy atom. The fraction of sp³-hybridized carbons (Fsp3) is 0.625. The number of benzene rings is 1. The van der Waals surface area contributed by atoms with Gasteiger partial charge in [-0.25, -0.2) is 0 Å². The highest BCUT2D eigenvalue weighted by atomic mass is 16.5. The van der Waals surface area contributed by atoms with Crippen LogP contribution in [0.15, 0.2) is 18.2 Å². The number of aliphatic hydroxyl groups excluding tert-OH is 1. The second kappa shape index (κ2) is 8.22. The fourth-order valence-electron chi connectivity index (χ4n) is 1.77. The van der Waals surface area contributed by atoms with Crippen LogP contribution in [0.2, 0.25) is 0 Å². The number of rotatable bonds is 9. The lowest BCUT2D eigenvalue weighted by atomic mass is 10.1. The van der Waals surface area contributed by atoms with Crippen molar-refractivity contribution in [2.75, 3.05) is 34.5 Å². The number of methoxy groups -OCH3 is 3. The zero-order valence-corrected chi connectivity index (χ0v) is 13.5. The van der Waals surface area contributed by atoms with E-state index in [0.717, 1.165) is 12.0 Å². The van der Waals surface area contributed by atoms with Gasteiger partial charge < -0.3 is 24.1 Å². The monoisotopic (exact) mass is 298 g/mol. The Bertz CT molecular complexity index is 431. The summed E-state index contributed by atoms with van der Waals surface area (Å²) in [5.41, 5.74) is 0.521. The summed E-state index contributed by atoms with van der Waals surface area (Å²) in [6, 6.07) is 5.33. The van der Waals surface area contributed by atoms with Gasteiger partial charge in [0.2, 0.25) is 0 Å². The Labute approximate surface area is 126 Å². The summed E-state index contributed by atoms with van der Waals surface area (Å²) in [4.78, 5) is 0. The predicted octanol–water partition coefficient (Wildman–Crippen LogP) is 2.57. The van der Waals surface area contributed by atoms with Gasteiger partial charge in [-0.15, -0.1) is 0 Å². The first-order valence-corrected chi connectivity index (χ1v) is 6.96. The van der Waals surface area contributed by atoms with Crippen molar-refractivity contribution < 1.29 is 24.1 Å². The third kappa shape index (κ3) is 5.53. The molecule has 120 valence electrons. The normalized spacial score (nSPS) is 13.0. The minimum Gasteiger partial charge on any atom is -0.493 e. The van der Waals surface area contributed by atoms with Crippen molar-refractivity contribution >= 4 is 0 Å². The second-order valence-electron chi connectivity index (χ2n) is 5.42. The van der Waals surface area contributed by atoms with E-state index in [1.165, 1.54) is 0 Å². The highest BCUT2D eigenvalue weighted by Gasteiger charge is 2.17. The molecule has 1 aromatic rings. The van der Waals surface area contributed by atoms with Gasteiger partial charge in [0.1, 0.15) is 6.10 Å². The van der Waals surface area contributed by atoms with Crippen molar-refractivity contribution in [3.8, 4) is 11.5 Å². The molecule has 5 nitrogen and oxygen atoms in total. The molecule has 0 aliphatic heterocycles. The molecule has 1 N–H and O–H groups in total. The first kappa shape index (κ1) is 17.8. The smallest absolute Gasteiger partial charge is 0.161 e. The lowest BCUT2D eigenvalue weighted by Gasteiger charge is -2.23. The number of aliphatic hydroxyl groups is 1. The summed E-state index contributed by atoms with van der Waals surface area (Å²) in [5, 5.41) is 10.1. The molecular formula is C16H26O5. The molecular weight excluding hydrogens is 272 g/mol. The van der Waals surface area contributed by atoms with Gasteiger partial charge in [-0.3, -0.25) is 0 Å². The average Bonchev–Trinajstić information content (AvgIpc) is 2.50. The molecule has 5 heteroatoms. The van der Waals surface area contributed by atoms with Crippen molar-refractivity contribution in [3.63, 3.8) is 0 Å². The van der Waals surface area contributed by atoms with Crippen LogP contribution in [0.1, 0.15) is 31.9 Å². The molecule has 0 aromatic heterocycles. The molecule has 0 spiro atoms. The van der Waals surface area contributed by atoms with Crippen LogP contribution < -0.4 is 9.47 Å². The van der Waals surface area contributed by atoms with E-state index in [9.17, 15) is 5.11 Å². The van der Waals surface area contributed by atoms with Gasteiger partial charge >= 0.3 is 0 Å². The van der Waals surface area contributed by atoms with Crippen molar-refractivity contribution in [2.24, 2.45) is 0 Å². The zero-order valence-electron chi connectivity index (χ0n) is 13.5. The van der Waals surface area contributed by atoms with Crippen LogP contribution in [0.3, 0.4) is 0 Å². The lowest BCUT2D eigenvalue weighted by Crippen LogP contribution is -2.25. The van der Waals surface area contributed by atoms with Crippen molar-refractivity contribution in [1.29, 1.82) is 0 Å². The van der Waals surface area contributed by atoms with Gasteiger partial charge in [-0.2, -0.15) is 0 Å². The Balaban J connectivity index is 2.50.